The topological polar surface area (TPSA) is 38.3 Å². The van der Waals surface area contributed by atoms with Crippen molar-refractivity contribution in [1.82, 2.24) is 5.32 Å². The van der Waals surface area contributed by atoms with E-state index in [0.29, 0.717) is 6.54 Å². The van der Waals surface area contributed by atoms with Gasteiger partial charge < -0.3 is 10.1 Å². The number of aryl methyl sites for hydroxylation is 1. The van der Waals surface area contributed by atoms with E-state index in [9.17, 15) is 4.79 Å². The predicted molar refractivity (Wildman–Crippen MR) is 53.4 cm³/mol. The normalized spacial score (nSPS) is 20.4. The molecule has 1 aliphatic rings. The zero-order valence-corrected chi connectivity index (χ0v) is 8.47. The Kier molecular flexibility index (Phi) is 2.33. The predicted octanol–water partition coefficient (Wildman–Crippen LogP) is 2.43. The molecule has 0 spiro atoms. The maximum atomic E-state index is 10.8. The molecule has 1 unspecified atom stereocenters. The van der Waals surface area contributed by atoms with Crippen LogP contribution in [0.25, 0.3) is 0 Å². The maximum absolute atomic E-state index is 10.8. The SMILES string of the molecule is Cc1cc(C2CNC(=O)O2)ccc1Cl. The summed E-state index contributed by atoms with van der Waals surface area (Å²) in [5.41, 5.74) is 1.97. The lowest BCUT2D eigenvalue weighted by Gasteiger charge is -2.09. The highest BCUT2D eigenvalue weighted by Crippen LogP contribution is 2.24. The van der Waals surface area contributed by atoms with Crippen LogP contribution in [0.3, 0.4) is 0 Å². The van der Waals surface area contributed by atoms with Gasteiger partial charge in [-0.1, -0.05) is 23.7 Å². The largest absolute Gasteiger partial charge is 0.439 e. The number of hydrogen-bond donors (Lipinski definition) is 1. The molecular weight excluding hydrogens is 202 g/mol. The van der Waals surface area contributed by atoms with Crippen molar-refractivity contribution < 1.29 is 9.53 Å². The van der Waals surface area contributed by atoms with E-state index in [4.69, 9.17) is 16.3 Å². The van der Waals surface area contributed by atoms with E-state index in [1.807, 2.05) is 25.1 Å². The van der Waals surface area contributed by atoms with Crippen LogP contribution >= 0.6 is 11.6 Å². The minimum Gasteiger partial charge on any atom is -0.439 e. The number of cyclic esters (lactones) is 1. The molecule has 1 amide bonds. The third-order valence-corrected chi connectivity index (χ3v) is 2.66. The monoisotopic (exact) mass is 211 g/mol. The summed E-state index contributed by atoms with van der Waals surface area (Å²) in [4.78, 5) is 10.8. The summed E-state index contributed by atoms with van der Waals surface area (Å²) in [7, 11) is 0. The molecular formula is C10H10ClNO2. The molecule has 4 heteroatoms. The van der Waals surface area contributed by atoms with Crippen molar-refractivity contribution in [3.63, 3.8) is 0 Å². The Labute approximate surface area is 87.0 Å². The molecule has 3 nitrogen and oxygen atoms in total. The first-order valence-corrected chi connectivity index (χ1v) is 4.75. The minimum atomic E-state index is -0.359. The summed E-state index contributed by atoms with van der Waals surface area (Å²) in [6, 6.07) is 5.63. The lowest BCUT2D eigenvalue weighted by Crippen LogP contribution is -2.12. The van der Waals surface area contributed by atoms with E-state index in [1.165, 1.54) is 0 Å². The lowest BCUT2D eigenvalue weighted by atomic mass is 10.1. The van der Waals surface area contributed by atoms with Crippen LogP contribution in [0.5, 0.6) is 0 Å². The molecule has 0 aliphatic carbocycles. The fourth-order valence-electron chi connectivity index (χ4n) is 1.44. The van der Waals surface area contributed by atoms with Crippen molar-refractivity contribution in [2.24, 2.45) is 0 Å². The number of ether oxygens (including phenoxy) is 1. The summed E-state index contributed by atoms with van der Waals surface area (Å²) in [6.07, 6.45) is -0.541. The van der Waals surface area contributed by atoms with Crippen molar-refractivity contribution >= 4 is 17.7 Å². The minimum absolute atomic E-state index is 0.182. The molecule has 1 fully saturated rings. The number of rotatable bonds is 1. The summed E-state index contributed by atoms with van der Waals surface area (Å²) >= 11 is 5.89. The van der Waals surface area contributed by atoms with Gasteiger partial charge in [0.25, 0.3) is 0 Å². The van der Waals surface area contributed by atoms with E-state index in [1.54, 1.807) is 0 Å². The quantitative estimate of drug-likeness (QED) is 0.775. The van der Waals surface area contributed by atoms with Crippen LogP contribution in [0, 0.1) is 6.92 Å². The second-order valence-electron chi connectivity index (χ2n) is 3.28. The first-order chi connectivity index (χ1) is 6.66. The number of halogens is 1. The van der Waals surface area contributed by atoms with E-state index in [0.717, 1.165) is 16.1 Å². The van der Waals surface area contributed by atoms with Crippen molar-refractivity contribution in [3.05, 3.63) is 34.3 Å². The van der Waals surface area contributed by atoms with Gasteiger partial charge in [-0.15, -0.1) is 0 Å². The number of amides is 1. The molecule has 0 saturated carbocycles. The highest BCUT2D eigenvalue weighted by molar-refractivity contribution is 6.31. The number of hydrogen-bond acceptors (Lipinski definition) is 2. The number of benzene rings is 1. The van der Waals surface area contributed by atoms with Crippen LogP contribution in [0.1, 0.15) is 17.2 Å². The average Bonchev–Trinajstić information content (AvgIpc) is 2.57. The van der Waals surface area contributed by atoms with Crippen LogP contribution in [0.2, 0.25) is 5.02 Å². The van der Waals surface area contributed by atoms with Crippen molar-refractivity contribution in [1.29, 1.82) is 0 Å². The van der Waals surface area contributed by atoms with Crippen LogP contribution < -0.4 is 5.32 Å². The molecule has 1 heterocycles. The van der Waals surface area contributed by atoms with Gasteiger partial charge in [-0.25, -0.2) is 4.79 Å². The van der Waals surface area contributed by atoms with Crippen LogP contribution in [-0.2, 0) is 4.74 Å². The smallest absolute Gasteiger partial charge is 0.407 e. The molecule has 0 bridgehead atoms. The molecule has 1 saturated heterocycles. The van der Waals surface area contributed by atoms with E-state index < -0.39 is 0 Å². The molecule has 1 aromatic carbocycles. The summed E-state index contributed by atoms with van der Waals surface area (Å²) in [5.74, 6) is 0. The summed E-state index contributed by atoms with van der Waals surface area (Å²) < 4.78 is 5.05. The highest BCUT2D eigenvalue weighted by Gasteiger charge is 2.24. The van der Waals surface area contributed by atoms with Gasteiger partial charge in [0.1, 0.15) is 6.10 Å². The van der Waals surface area contributed by atoms with E-state index in [2.05, 4.69) is 5.32 Å². The van der Waals surface area contributed by atoms with Gasteiger partial charge in [0, 0.05) is 5.02 Å². The van der Waals surface area contributed by atoms with Crippen LogP contribution in [-0.4, -0.2) is 12.6 Å². The van der Waals surface area contributed by atoms with Gasteiger partial charge in [0.05, 0.1) is 6.54 Å². The van der Waals surface area contributed by atoms with Crippen LogP contribution in [0.15, 0.2) is 18.2 Å². The Balaban J connectivity index is 2.24. The van der Waals surface area contributed by atoms with E-state index >= 15 is 0 Å². The van der Waals surface area contributed by atoms with Gasteiger partial charge in [-0.2, -0.15) is 0 Å². The Bertz CT molecular complexity index is 378. The fraction of sp³-hybridized carbons (Fsp3) is 0.300. The molecule has 1 aromatic rings. The second-order valence-corrected chi connectivity index (χ2v) is 3.69. The molecule has 74 valence electrons. The first-order valence-electron chi connectivity index (χ1n) is 4.37. The molecule has 1 aliphatic heterocycles. The molecule has 1 N–H and O–H groups in total. The summed E-state index contributed by atoms with van der Waals surface area (Å²) in [6.45, 7) is 2.45. The Morgan fingerprint density at radius 1 is 1.57 bits per heavy atom. The third kappa shape index (κ3) is 1.68. The zero-order valence-electron chi connectivity index (χ0n) is 7.71. The molecule has 0 radical (unpaired) electrons. The van der Waals surface area contributed by atoms with Gasteiger partial charge >= 0.3 is 6.09 Å². The highest BCUT2D eigenvalue weighted by atomic mass is 35.5. The molecule has 2 rings (SSSR count). The molecule has 1 atom stereocenters. The van der Waals surface area contributed by atoms with E-state index in [-0.39, 0.29) is 12.2 Å². The average molecular weight is 212 g/mol. The number of alkyl carbamates (subject to hydrolysis) is 1. The number of carbonyl (C=O) groups is 1. The summed E-state index contributed by atoms with van der Waals surface area (Å²) in [5, 5.41) is 3.34. The molecule has 14 heavy (non-hydrogen) atoms. The fourth-order valence-corrected chi connectivity index (χ4v) is 1.56. The molecule has 0 aromatic heterocycles. The second kappa shape index (κ2) is 3.50. The van der Waals surface area contributed by atoms with Crippen molar-refractivity contribution in [2.45, 2.75) is 13.0 Å². The standard InChI is InChI=1S/C10H10ClNO2/c1-6-4-7(2-3-8(6)11)9-5-12-10(13)14-9/h2-4,9H,5H2,1H3,(H,12,13). The first kappa shape index (κ1) is 9.34. The zero-order chi connectivity index (χ0) is 10.1. The Morgan fingerprint density at radius 3 is 2.93 bits per heavy atom. The van der Waals surface area contributed by atoms with Gasteiger partial charge in [0.2, 0.25) is 0 Å². The van der Waals surface area contributed by atoms with Gasteiger partial charge in [-0.05, 0) is 24.1 Å². The Morgan fingerprint density at radius 2 is 2.36 bits per heavy atom. The maximum Gasteiger partial charge on any atom is 0.407 e. The third-order valence-electron chi connectivity index (χ3n) is 2.23. The Hall–Kier alpha value is -1.22. The van der Waals surface area contributed by atoms with Gasteiger partial charge in [-0.3, -0.25) is 0 Å². The number of nitrogens with one attached hydrogen (secondary N) is 1. The van der Waals surface area contributed by atoms with Crippen LogP contribution in [0.4, 0.5) is 4.79 Å². The lowest BCUT2D eigenvalue weighted by molar-refractivity contribution is 0.141. The van der Waals surface area contributed by atoms with Gasteiger partial charge in [0.15, 0.2) is 0 Å². The van der Waals surface area contributed by atoms with Crippen molar-refractivity contribution in [3.8, 4) is 0 Å². The number of carbonyl (C=O) groups excluding carboxylic acids is 1. The van der Waals surface area contributed by atoms with Crippen molar-refractivity contribution in [2.75, 3.05) is 6.54 Å².